The van der Waals surface area contributed by atoms with Crippen molar-refractivity contribution in [3.63, 3.8) is 0 Å². The van der Waals surface area contributed by atoms with E-state index in [2.05, 4.69) is 10.6 Å². The highest BCUT2D eigenvalue weighted by atomic mass is 32.2. The van der Waals surface area contributed by atoms with Gasteiger partial charge >= 0.3 is 12.0 Å². The van der Waals surface area contributed by atoms with Crippen molar-refractivity contribution in [2.24, 2.45) is 11.8 Å². The largest absolute Gasteiger partial charge is 0.481 e. The summed E-state index contributed by atoms with van der Waals surface area (Å²) in [7, 11) is 0. The van der Waals surface area contributed by atoms with Gasteiger partial charge in [-0.1, -0.05) is 20.8 Å². The van der Waals surface area contributed by atoms with Gasteiger partial charge in [-0.15, -0.1) is 0 Å². The fraction of sp³-hybridized carbons (Fsp3) is 0.727. The number of carboxylic acids is 1. The van der Waals surface area contributed by atoms with Crippen molar-refractivity contribution in [1.29, 1.82) is 0 Å². The highest BCUT2D eigenvalue weighted by Gasteiger charge is 2.13. The Morgan fingerprint density at radius 1 is 1.22 bits per heavy atom. The number of imide groups is 1. The Balaban J connectivity index is 3.71. The number of carboxylic acid groups (broad SMARTS) is 1. The van der Waals surface area contributed by atoms with Crippen molar-refractivity contribution < 1.29 is 19.5 Å². The maximum Gasteiger partial charge on any atom is 0.321 e. The molecule has 3 amide bonds. The predicted octanol–water partition coefficient (Wildman–Crippen LogP) is 0.922. The van der Waals surface area contributed by atoms with E-state index in [9.17, 15) is 14.4 Å². The molecule has 18 heavy (non-hydrogen) atoms. The van der Waals surface area contributed by atoms with E-state index in [1.165, 1.54) is 11.8 Å². The number of hydrogen-bond acceptors (Lipinski definition) is 4. The van der Waals surface area contributed by atoms with Gasteiger partial charge in [0.25, 0.3) is 0 Å². The zero-order chi connectivity index (χ0) is 14.1. The maximum absolute atomic E-state index is 11.3. The molecule has 0 heterocycles. The van der Waals surface area contributed by atoms with Gasteiger partial charge in [-0.25, -0.2) is 4.79 Å². The Hall–Kier alpha value is -1.24. The molecular formula is C11H20N2O4S. The van der Waals surface area contributed by atoms with Gasteiger partial charge in [0.2, 0.25) is 5.91 Å². The van der Waals surface area contributed by atoms with Gasteiger partial charge in [-0.2, -0.15) is 11.8 Å². The van der Waals surface area contributed by atoms with Gasteiger partial charge in [-0.05, 0) is 5.92 Å². The molecule has 0 rings (SSSR count). The van der Waals surface area contributed by atoms with Crippen molar-refractivity contribution in [2.45, 2.75) is 20.8 Å². The van der Waals surface area contributed by atoms with Crippen LogP contribution in [0.25, 0.3) is 0 Å². The fourth-order valence-electron chi connectivity index (χ4n) is 0.903. The minimum atomic E-state index is -0.891. The van der Waals surface area contributed by atoms with Crippen LogP contribution in [0.2, 0.25) is 0 Å². The maximum atomic E-state index is 11.3. The van der Waals surface area contributed by atoms with Gasteiger partial charge in [0, 0.05) is 12.3 Å². The minimum Gasteiger partial charge on any atom is -0.481 e. The van der Waals surface area contributed by atoms with Gasteiger partial charge in [0.1, 0.15) is 0 Å². The first-order chi connectivity index (χ1) is 8.32. The quantitative estimate of drug-likeness (QED) is 0.642. The lowest BCUT2D eigenvalue weighted by Gasteiger charge is -2.09. The Kier molecular flexibility index (Phi) is 8.19. The van der Waals surface area contributed by atoms with Crippen molar-refractivity contribution in [2.75, 3.05) is 18.1 Å². The summed E-state index contributed by atoms with van der Waals surface area (Å²) in [5, 5.41) is 13.4. The molecule has 0 saturated heterocycles. The van der Waals surface area contributed by atoms with E-state index in [0.717, 1.165) is 0 Å². The van der Waals surface area contributed by atoms with E-state index < -0.39 is 23.8 Å². The number of amides is 3. The highest BCUT2D eigenvalue weighted by molar-refractivity contribution is 7.99. The van der Waals surface area contributed by atoms with Crippen LogP contribution in [0.5, 0.6) is 0 Å². The molecule has 0 spiro atoms. The molecule has 0 aromatic rings. The number of carbonyl (C=O) groups excluding carboxylic acids is 2. The van der Waals surface area contributed by atoms with Crippen LogP contribution in [0.3, 0.4) is 0 Å². The first-order valence-electron chi connectivity index (χ1n) is 5.71. The molecule has 0 aliphatic carbocycles. The second-order valence-corrected chi connectivity index (χ2v) is 5.44. The normalized spacial score (nSPS) is 12.0. The van der Waals surface area contributed by atoms with E-state index in [4.69, 9.17) is 5.11 Å². The lowest BCUT2D eigenvalue weighted by atomic mass is 10.2. The van der Waals surface area contributed by atoms with Crippen molar-refractivity contribution >= 4 is 29.7 Å². The van der Waals surface area contributed by atoms with E-state index >= 15 is 0 Å². The number of thioether (sulfide) groups is 1. The van der Waals surface area contributed by atoms with Crippen molar-refractivity contribution in [3.05, 3.63) is 0 Å². The lowest BCUT2D eigenvalue weighted by molar-refractivity contribution is -0.140. The fourth-order valence-corrected chi connectivity index (χ4v) is 1.77. The smallest absolute Gasteiger partial charge is 0.321 e. The van der Waals surface area contributed by atoms with Crippen LogP contribution in [0, 0.1) is 11.8 Å². The third kappa shape index (κ3) is 8.86. The van der Waals surface area contributed by atoms with Crippen molar-refractivity contribution in [1.82, 2.24) is 10.6 Å². The third-order valence-corrected chi connectivity index (χ3v) is 3.15. The summed E-state index contributed by atoms with van der Waals surface area (Å²) in [5.74, 6) is -1.08. The van der Waals surface area contributed by atoms with Gasteiger partial charge in [0.05, 0.1) is 11.7 Å². The van der Waals surface area contributed by atoms with Crippen LogP contribution in [-0.2, 0) is 9.59 Å². The third-order valence-electron chi connectivity index (χ3n) is 1.95. The first-order valence-corrected chi connectivity index (χ1v) is 6.86. The molecule has 6 nitrogen and oxygen atoms in total. The molecule has 1 unspecified atom stereocenters. The topological polar surface area (TPSA) is 95.5 Å². The van der Waals surface area contributed by atoms with Crippen LogP contribution in [0.4, 0.5) is 4.79 Å². The summed E-state index contributed by atoms with van der Waals surface area (Å²) < 4.78 is 0. The van der Waals surface area contributed by atoms with Crippen LogP contribution in [0.1, 0.15) is 20.8 Å². The molecule has 7 heteroatoms. The number of urea groups is 1. The zero-order valence-electron chi connectivity index (χ0n) is 10.9. The second-order valence-electron chi connectivity index (χ2n) is 4.41. The molecule has 0 aliphatic rings. The molecule has 0 aromatic heterocycles. The van der Waals surface area contributed by atoms with Gasteiger partial charge < -0.3 is 10.4 Å². The standard InChI is InChI=1S/C11H20N2O4S/c1-7(2)4-12-11(17)13-9(14)6-18-5-8(3)10(15)16/h7-8H,4-6H2,1-3H3,(H,15,16)(H2,12,13,14,17). The predicted molar refractivity (Wildman–Crippen MR) is 70.5 cm³/mol. The van der Waals surface area contributed by atoms with Crippen LogP contribution in [-0.4, -0.2) is 41.1 Å². The molecule has 3 N–H and O–H groups in total. The number of aliphatic carboxylic acids is 1. The van der Waals surface area contributed by atoms with Crippen LogP contribution in [0.15, 0.2) is 0 Å². The summed E-state index contributed by atoms with van der Waals surface area (Å²) >= 11 is 1.19. The average Bonchev–Trinajstić information content (AvgIpc) is 2.25. The second kappa shape index (κ2) is 8.79. The highest BCUT2D eigenvalue weighted by Crippen LogP contribution is 2.07. The van der Waals surface area contributed by atoms with Crippen molar-refractivity contribution in [3.8, 4) is 0 Å². The SMILES string of the molecule is CC(C)CNC(=O)NC(=O)CSCC(C)C(=O)O. The molecule has 1 atom stereocenters. The average molecular weight is 276 g/mol. The zero-order valence-corrected chi connectivity index (χ0v) is 11.7. The van der Waals surface area contributed by atoms with E-state index in [1.54, 1.807) is 6.92 Å². The Morgan fingerprint density at radius 2 is 1.83 bits per heavy atom. The lowest BCUT2D eigenvalue weighted by Crippen LogP contribution is -2.41. The molecular weight excluding hydrogens is 256 g/mol. The van der Waals surface area contributed by atoms with Crippen LogP contribution < -0.4 is 10.6 Å². The molecule has 0 aromatic carbocycles. The number of nitrogens with one attached hydrogen (secondary N) is 2. The summed E-state index contributed by atoms with van der Waals surface area (Å²) in [5.41, 5.74) is 0. The van der Waals surface area contributed by atoms with E-state index in [-0.39, 0.29) is 5.75 Å². The van der Waals surface area contributed by atoms with E-state index in [0.29, 0.717) is 18.2 Å². The molecule has 0 aliphatic heterocycles. The number of rotatable bonds is 7. The molecule has 0 fully saturated rings. The first kappa shape index (κ1) is 16.8. The Morgan fingerprint density at radius 3 is 2.33 bits per heavy atom. The monoisotopic (exact) mass is 276 g/mol. The minimum absolute atomic E-state index is 0.0761. The summed E-state index contributed by atoms with van der Waals surface area (Å²) in [6, 6.07) is -0.513. The van der Waals surface area contributed by atoms with Gasteiger partial charge in [-0.3, -0.25) is 14.9 Å². The summed E-state index contributed by atoms with van der Waals surface area (Å²) in [6.45, 7) is 5.97. The molecule has 104 valence electrons. The number of carbonyl (C=O) groups is 3. The summed E-state index contributed by atoms with van der Waals surface area (Å²) in [4.78, 5) is 33.0. The molecule has 0 radical (unpaired) electrons. The van der Waals surface area contributed by atoms with E-state index in [1.807, 2.05) is 13.8 Å². The number of hydrogen-bond donors (Lipinski definition) is 3. The molecule has 0 saturated carbocycles. The van der Waals surface area contributed by atoms with Crippen LogP contribution >= 0.6 is 11.8 Å². The molecule has 0 bridgehead atoms. The Bertz CT molecular complexity index is 307. The summed E-state index contributed by atoms with van der Waals surface area (Å²) in [6.07, 6.45) is 0. The van der Waals surface area contributed by atoms with Gasteiger partial charge in [0.15, 0.2) is 0 Å². The Labute approximate surface area is 111 Å².